The summed E-state index contributed by atoms with van der Waals surface area (Å²) in [5.74, 6) is 0. The summed E-state index contributed by atoms with van der Waals surface area (Å²) >= 11 is 0. The Morgan fingerprint density at radius 1 is 1.33 bits per heavy atom. The van der Waals surface area contributed by atoms with Gasteiger partial charge in [-0.2, -0.15) is 0 Å². The van der Waals surface area contributed by atoms with E-state index in [4.69, 9.17) is 0 Å². The van der Waals surface area contributed by atoms with Gasteiger partial charge < -0.3 is 10.2 Å². The lowest BCUT2D eigenvalue weighted by atomic mass is 10.1. The molecule has 1 rings (SSSR count). The van der Waals surface area contributed by atoms with Gasteiger partial charge in [-0.1, -0.05) is 26.3 Å². The van der Waals surface area contributed by atoms with Crippen LogP contribution in [-0.4, -0.2) is 36.1 Å². The van der Waals surface area contributed by atoms with Crippen molar-refractivity contribution in [2.24, 2.45) is 0 Å². The van der Waals surface area contributed by atoms with Crippen molar-refractivity contribution in [1.29, 1.82) is 0 Å². The molecule has 0 spiro atoms. The number of hydrogen-bond acceptors (Lipinski definition) is 3. The molecule has 0 aliphatic heterocycles. The van der Waals surface area contributed by atoms with E-state index in [-0.39, 0.29) is 0 Å². The summed E-state index contributed by atoms with van der Waals surface area (Å²) in [6.07, 6.45) is 7.46. The molecular weight excluding hydrogens is 222 g/mol. The van der Waals surface area contributed by atoms with E-state index in [0.29, 0.717) is 6.04 Å². The molecule has 1 unspecified atom stereocenters. The van der Waals surface area contributed by atoms with Gasteiger partial charge in [0.15, 0.2) is 0 Å². The molecule has 1 N–H and O–H groups in total. The average molecular weight is 249 g/mol. The maximum atomic E-state index is 4.16. The molecule has 1 aromatic heterocycles. The van der Waals surface area contributed by atoms with Crippen molar-refractivity contribution in [2.45, 2.75) is 45.7 Å². The van der Waals surface area contributed by atoms with E-state index in [1.54, 1.807) is 0 Å². The first-order valence-electron chi connectivity index (χ1n) is 7.07. The molecule has 1 atom stereocenters. The van der Waals surface area contributed by atoms with Gasteiger partial charge in [0.2, 0.25) is 0 Å². The molecule has 0 aliphatic rings. The van der Waals surface area contributed by atoms with Crippen molar-refractivity contribution < 1.29 is 0 Å². The molecule has 0 amide bonds. The van der Waals surface area contributed by atoms with E-state index in [1.165, 1.54) is 24.8 Å². The molecule has 1 aromatic rings. The smallest absolute Gasteiger partial charge is 0.0312 e. The Balaban J connectivity index is 2.37. The Labute approximate surface area is 112 Å². The highest BCUT2D eigenvalue weighted by Gasteiger charge is 2.10. The summed E-state index contributed by atoms with van der Waals surface area (Å²) in [7, 11) is 2.18. The SMILES string of the molecule is CCCNC(CCC)CN(C)Cc1cccnc1. The fourth-order valence-corrected chi connectivity index (χ4v) is 2.20. The van der Waals surface area contributed by atoms with Crippen molar-refractivity contribution in [3.63, 3.8) is 0 Å². The van der Waals surface area contributed by atoms with Crippen LogP contribution in [0.5, 0.6) is 0 Å². The lowest BCUT2D eigenvalue weighted by Gasteiger charge is -2.24. The van der Waals surface area contributed by atoms with Gasteiger partial charge in [0.25, 0.3) is 0 Å². The molecule has 0 fully saturated rings. The topological polar surface area (TPSA) is 28.2 Å². The summed E-state index contributed by atoms with van der Waals surface area (Å²) in [6, 6.07) is 4.75. The van der Waals surface area contributed by atoms with Crippen LogP contribution in [0, 0.1) is 0 Å². The molecule has 0 aliphatic carbocycles. The third-order valence-electron chi connectivity index (χ3n) is 3.03. The summed E-state index contributed by atoms with van der Waals surface area (Å²) in [6.45, 7) is 7.66. The number of nitrogens with zero attached hydrogens (tertiary/aromatic N) is 2. The molecule has 18 heavy (non-hydrogen) atoms. The minimum Gasteiger partial charge on any atom is -0.313 e. The number of likely N-dealkylation sites (N-methyl/N-ethyl adjacent to an activating group) is 1. The predicted molar refractivity (Wildman–Crippen MR) is 77.6 cm³/mol. The second-order valence-electron chi connectivity index (χ2n) is 5.00. The number of pyridine rings is 1. The molecule has 0 saturated carbocycles. The lowest BCUT2D eigenvalue weighted by molar-refractivity contribution is 0.273. The normalized spacial score (nSPS) is 12.9. The van der Waals surface area contributed by atoms with Crippen LogP contribution in [0.4, 0.5) is 0 Å². The van der Waals surface area contributed by atoms with E-state index in [0.717, 1.165) is 19.6 Å². The number of rotatable bonds is 9. The zero-order chi connectivity index (χ0) is 13.2. The number of aromatic nitrogens is 1. The van der Waals surface area contributed by atoms with Crippen molar-refractivity contribution in [3.05, 3.63) is 30.1 Å². The molecule has 1 heterocycles. The second kappa shape index (κ2) is 9.06. The van der Waals surface area contributed by atoms with E-state index in [2.05, 4.69) is 42.2 Å². The van der Waals surface area contributed by atoms with Crippen LogP contribution in [0.1, 0.15) is 38.7 Å². The van der Waals surface area contributed by atoms with Gasteiger partial charge in [-0.05, 0) is 38.1 Å². The van der Waals surface area contributed by atoms with Crippen LogP contribution in [0.25, 0.3) is 0 Å². The first-order chi connectivity index (χ1) is 8.76. The zero-order valence-corrected chi connectivity index (χ0v) is 12.0. The minimum atomic E-state index is 0.608. The highest BCUT2D eigenvalue weighted by molar-refractivity contribution is 5.07. The second-order valence-corrected chi connectivity index (χ2v) is 5.00. The maximum Gasteiger partial charge on any atom is 0.0312 e. The standard InChI is InChI=1S/C15H27N3/c1-4-7-15(17-9-5-2)13-18(3)12-14-8-6-10-16-11-14/h6,8,10-11,15,17H,4-5,7,9,12-13H2,1-3H3. The quantitative estimate of drug-likeness (QED) is 0.729. The van der Waals surface area contributed by atoms with E-state index >= 15 is 0 Å². The van der Waals surface area contributed by atoms with Crippen LogP contribution in [0.2, 0.25) is 0 Å². The monoisotopic (exact) mass is 249 g/mol. The first kappa shape index (κ1) is 15.1. The summed E-state index contributed by atoms with van der Waals surface area (Å²) in [4.78, 5) is 6.54. The molecule has 3 nitrogen and oxygen atoms in total. The lowest BCUT2D eigenvalue weighted by Crippen LogP contribution is -2.39. The van der Waals surface area contributed by atoms with Crippen LogP contribution in [0.3, 0.4) is 0 Å². The van der Waals surface area contributed by atoms with E-state index in [1.807, 2.05) is 18.5 Å². The average Bonchev–Trinajstić information content (AvgIpc) is 2.37. The molecule has 0 bridgehead atoms. The Bertz CT molecular complexity index is 300. The molecule has 3 heteroatoms. The minimum absolute atomic E-state index is 0.608. The molecular formula is C15H27N3. The summed E-state index contributed by atoms with van der Waals surface area (Å²) in [5, 5.41) is 3.63. The van der Waals surface area contributed by atoms with Gasteiger partial charge in [0, 0.05) is 31.5 Å². The summed E-state index contributed by atoms with van der Waals surface area (Å²) in [5.41, 5.74) is 1.28. The van der Waals surface area contributed by atoms with Crippen molar-refractivity contribution in [3.8, 4) is 0 Å². The number of nitrogens with one attached hydrogen (secondary N) is 1. The maximum absolute atomic E-state index is 4.16. The molecule has 102 valence electrons. The fourth-order valence-electron chi connectivity index (χ4n) is 2.20. The van der Waals surface area contributed by atoms with Gasteiger partial charge in [-0.25, -0.2) is 0 Å². The third-order valence-corrected chi connectivity index (χ3v) is 3.03. The van der Waals surface area contributed by atoms with E-state index < -0.39 is 0 Å². The van der Waals surface area contributed by atoms with Crippen LogP contribution < -0.4 is 5.32 Å². The van der Waals surface area contributed by atoms with Crippen molar-refractivity contribution >= 4 is 0 Å². The Morgan fingerprint density at radius 2 is 2.17 bits per heavy atom. The molecule has 0 aromatic carbocycles. The van der Waals surface area contributed by atoms with Gasteiger partial charge in [-0.3, -0.25) is 4.98 Å². The van der Waals surface area contributed by atoms with Crippen LogP contribution in [0.15, 0.2) is 24.5 Å². The predicted octanol–water partition coefficient (Wildman–Crippen LogP) is 2.68. The van der Waals surface area contributed by atoms with Crippen molar-refractivity contribution in [2.75, 3.05) is 20.1 Å². The highest BCUT2D eigenvalue weighted by Crippen LogP contribution is 2.04. The zero-order valence-electron chi connectivity index (χ0n) is 12.0. The van der Waals surface area contributed by atoms with Crippen molar-refractivity contribution in [1.82, 2.24) is 15.2 Å². The first-order valence-corrected chi connectivity index (χ1v) is 7.07. The molecule has 0 saturated heterocycles. The van der Waals surface area contributed by atoms with Gasteiger partial charge in [0.05, 0.1) is 0 Å². The Morgan fingerprint density at radius 3 is 2.78 bits per heavy atom. The molecule has 0 radical (unpaired) electrons. The fraction of sp³-hybridized carbons (Fsp3) is 0.667. The summed E-state index contributed by atoms with van der Waals surface area (Å²) < 4.78 is 0. The Hall–Kier alpha value is -0.930. The van der Waals surface area contributed by atoms with E-state index in [9.17, 15) is 0 Å². The van der Waals surface area contributed by atoms with Crippen LogP contribution in [-0.2, 0) is 6.54 Å². The Kier molecular flexibility index (Phi) is 7.62. The number of hydrogen-bond donors (Lipinski definition) is 1. The van der Waals surface area contributed by atoms with Crippen LogP contribution >= 0.6 is 0 Å². The largest absolute Gasteiger partial charge is 0.313 e. The van der Waals surface area contributed by atoms with Gasteiger partial charge >= 0.3 is 0 Å². The van der Waals surface area contributed by atoms with Gasteiger partial charge in [-0.15, -0.1) is 0 Å². The highest BCUT2D eigenvalue weighted by atomic mass is 15.1. The van der Waals surface area contributed by atoms with Gasteiger partial charge in [0.1, 0.15) is 0 Å². The third kappa shape index (κ3) is 6.12.